The summed E-state index contributed by atoms with van der Waals surface area (Å²) in [6, 6.07) is 11.0. The highest BCUT2D eigenvalue weighted by Gasteiger charge is 2.11. The summed E-state index contributed by atoms with van der Waals surface area (Å²) in [5.41, 5.74) is 2.19. The molecule has 20 heavy (non-hydrogen) atoms. The van der Waals surface area contributed by atoms with Crippen molar-refractivity contribution < 1.29 is 9.18 Å². The normalized spacial score (nSPS) is 10.6. The largest absolute Gasteiger partial charge is 0.348 e. The van der Waals surface area contributed by atoms with Crippen LogP contribution in [0.25, 0.3) is 0 Å². The molecule has 1 heterocycles. The average molecular weight is 272 g/mol. The Morgan fingerprint density at radius 3 is 2.55 bits per heavy atom. The highest BCUT2D eigenvalue weighted by atomic mass is 19.1. The van der Waals surface area contributed by atoms with Gasteiger partial charge in [0.05, 0.1) is 5.56 Å². The lowest BCUT2D eigenvalue weighted by Crippen LogP contribution is -2.24. The van der Waals surface area contributed by atoms with E-state index in [4.69, 9.17) is 0 Å². The molecule has 0 fully saturated rings. The smallest absolute Gasteiger partial charge is 0.256 e. The Morgan fingerprint density at radius 2 is 1.95 bits per heavy atom. The van der Waals surface area contributed by atoms with Gasteiger partial charge >= 0.3 is 0 Å². The third-order valence-electron chi connectivity index (χ3n) is 3.10. The van der Waals surface area contributed by atoms with Gasteiger partial charge in [-0.25, -0.2) is 4.98 Å². The van der Waals surface area contributed by atoms with Crippen LogP contribution < -0.4 is 5.32 Å². The standard InChI is InChI=1S/C16H17FN2O/c1-11(2)13-7-5-12(6-8-13)10-19-16(20)14-4-3-9-18-15(14)17/h3-9,11H,10H2,1-2H3,(H,19,20). The van der Waals surface area contributed by atoms with Crippen LogP contribution in [0.1, 0.15) is 41.3 Å². The quantitative estimate of drug-likeness (QED) is 0.868. The number of halogens is 1. The Bertz CT molecular complexity index is 594. The predicted octanol–water partition coefficient (Wildman–Crippen LogP) is 3.27. The summed E-state index contributed by atoms with van der Waals surface area (Å²) in [7, 11) is 0. The number of carbonyl (C=O) groups excluding carboxylic acids is 1. The number of benzene rings is 1. The van der Waals surface area contributed by atoms with Crippen LogP contribution in [0.15, 0.2) is 42.6 Å². The van der Waals surface area contributed by atoms with Gasteiger partial charge in [0.25, 0.3) is 5.91 Å². The lowest BCUT2D eigenvalue weighted by atomic mass is 10.0. The van der Waals surface area contributed by atoms with Crippen LogP contribution >= 0.6 is 0 Å². The van der Waals surface area contributed by atoms with Crippen LogP contribution in [0.3, 0.4) is 0 Å². The molecule has 0 aliphatic rings. The summed E-state index contributed by atoms with van der Waals surface area (Å²) in [4.78, 5) is 15.3. The molecule has 0 atom stereocenters. The van der Waals surface area contributed by atoms with Crippen molar-refractivity contribution in [2.75, 3.05) is 0 Å². The van der Waals surface area contributed by atoms with Crippen LogP contribution in [0.4, 0.5) is 4.39 Å². The highest BCUT2D eigenvalue weighted by Crippen LogP contribution is 2.14. The van der Waals surface area contributed by atoms with Gasteiger partial charge in [0.15, 0.2) is 0 Å². The topological polar surface area (TPSA) is 42.0 Å². The zero-order chi connectivity index (χ0) is 14.5. The third-order valence-corrected chi connectivity index (χ3v) is 3.10. The van der Waals surface area contributed by atoms with Crippen LogP contribution in [0, 0.1) is 5.95 Å². The molecule has 1 N–H and O–H groups in total. The van der Waals surface area contributed by atoms with E-state index >= 15 is 0 Å². The van der Waals surface area contributed by atoms with Crippen molar-refractivity contribution in [2.45, 2.75) is 26.3 Å². The maximum absolute atomic E-state index is 13.3. The highest BCUT2D eigenvalue weighted by molar-refractivity contribution is 5.94. The second kappa shape index (κ2) is 6.28. The molecule has 4 heteroatoms. The molecular formula is C16H17FN2O. The number of aromatic nitrogens is 1. The molecule has 1 aromatic heterocycles. The monoisotopic (exact) mass is 272 g/mol. The molecule has 0 aliphatic carbocycles. The molecule has 0 aliphatic heterocycles. The Morgan fingerprint density at radius 1 is 1.25 bits per heavy atom. The predicted molar refractivity (Wildman–Crippen MR) is 75.9 cm³/mol. The van der Waals surface area contributed by atoms with Gasteiger partial charge < -0.3 is 5.32 Å². The summed E-state index contributed by atoms with van der Waals surface area (Å²) in [6.07, 6.45) is 1.32. The number of amides is 1. The minimum absolute atomic E-state index is 0.0358. The van der Waals surface area contributed by atoms with Gasteiger partial charge in [0.1, 0.15) is 0 Å². The third kappa shape index (κ3) is 3.41. The van der Waals surface area contributed by atoms with Crippen molar-refractivity contribution >= 4 is 5.91 Å². The van der Waals surface area contributed by atoms with E-state index in [0.29, 0.717) is 12.5 Å². The molecule has 3 nitrogen and oxygen atoms in total. The first-order valence-electron chi connectivity index (χ1n) is 6.55. The van der Waals surface area contributed by atoms with Gasteiger partial charge in [-0.05, 0) is 29.2 Å². The fourth-order valence-corrected chi connectivity index (χ4v) is 1.85. The lowest BCUT2D eigenvalue weighted by molar-refractivity contribution is 0.0946. The SMILES string of the molecule is CC(C)c1ccc(CNC(=O)c2cccnc2F)cc1. The summed E-state index contributed by atoms with van der Waals surface area (Å²) < 4.78 is 13.3. The fraction of sp³-hybridized carbons (Fsp3) is 0.250. The second-order valence-corrected chi connectivity index (χ2v) is 4.92. The maximum atomic E-state index is 13.3. The molecule has 104 valence electrons. The van der Waals surface area contributed by atoms with Crippen LogP contribution in [-0.2, 0) is 6.54 Å². The van der Waals surface area contributed by atoms with Gasteiger partial charge in [-0.2, -0.15) is 4.39 Å². The zero-order valence-electron chi connectivity index (χ0n) is 11.6. The summed E-state index contributed by atoms with van der Waals surface area (Å²) in [5.74, 6) is -0.730. The van der Waals surface area contributed by atoms with Crippen molar-refractivity contribution in [2.24, 2.45) is 0 Å². The molecule has 0 radical (unpaired) electrons. The van der Waals surface area contributed by atoms with E-state index in [2.05, 4.69) is 24.1 Å². The number of carbonyl (C=O) groups is 1. The van der Waals surface area contributed by atoms with E-state index in [1.54, 1.807) is 0 Å². The van der Waals surface area contributed by atoms with E-state index in [1.807, 2.05) is 24.3 Å². The lowest BCUT2D eigenvalue weighted by Gasteiger charge is -2.08. The number of nitrogens with one attached hydrogen (secondary N) is 1. The van der Waals surface area contributed by atoms with E-state index < -0.39 is 11.9 Å². The number of hydrogen-bond donors (Lipinski definition) is 1. The van der Waals surface area contributed by atoms with E-state index in [1.165, 1.54) is 23.9 Å². The van der Waals surface area contributed by atoms with Crippen LogP contribution in [-0.4, -0.2) is 10.9 Å². The molecule has 1 aromatic carbocycles. The number of nitrogens with zero attached hydrogens (tertiary/aromatic N) is 1. The van der Waals surface area contributed by atoms with Gasteiger partial charge in [0.2, 0.25) is 5.95 Å². The molecule has 2 aromatic rings. The van der Waals surface area contributed by atoms with Gasteiger partial charge in [0, 0.05) is 12.7 Å². The van der Waals surface area contributed by atoms with Crippen molar-refractivity contribution in [1.29, 1.82) is 0 Å². The Balaban J connectivity index is 1.98. The first kappa shape index (κ1) is 14.2. The Kier molecular flexibility index (Phi) is 4.45. The number of rotatable bonds is 4. The summed E-state index contributed by atoms with van der Waals surface area (Å²) in [6.45, 7) is 4.62. The van der Waals surface area contributed by atoms with Crippen LogP contribution in [0.5, 0.6) is 0 Å². The van der Waals surface area contributed by atoms with Crippen molar-refractivity contribution in [1.82, 2.24) is 10.3 Å². The zero-order valence-corrected chi connectivity index (χ0v) is 11.6. The van der Waals surface area contributed by atoms with Crippen molar-refractivity contribution in [3.05, 3.63) is 65.2 Å². The summed E-state index contributed by atoms with van der Waals surface area (Å²) in [5, 5.41) is 2.69. The molecule has 0 spiro atoms. The first-order valence-corrected chi connectivity index (χ1v) is 6.55. The Hall–Kier alpha value is -2.23. The molecular weight excluding hydrogens is 255 g/mol. The first-order chi connectivity index (χ1) is 9.58. The van der Waals surface area contributed by atoms with Crippen molar-refractivity contribution in [3.63, 3.8) is 0 Å². The molecule has 0 bridgehead atoms. The minimum Gasteiger partial charge on any atom is -0.348 e. The van der Waals surface area contributed by atoms with E-state index in [-0.39, 0.29) is 5.56 Å². The van der Waals surface area contributed by atoms with Crippen LogP contribution in [0.2, 0.25) is 0 Å². The fourth-order valence-electron chi connectivity index (χ4n) is 1.85. The molecule has 0 saturated carbocycles. The summed E-state index contributed by atoms with van der Waals surface area (Å²) >= 11 is 0. The number of pyridine rings is 1. The molecule has 0 unspecified atom stereocenters. The second-order valence-electron chi connectivity index (χ2n) is 4.92. The van der Waals surface area contributed by atoms with Crippen molar-refractivity contribution in [3.8, 4) is 0 Å². The van der Waals surface area contributed by atoms with Gasteiger partial charge in [-0.1, -0.05) is 38.1 Å². The molecule has 0 saturated heterocycles. The van der Waals surface area contributed by atoms with E-state index in [0.717, 1.165) is 5.56 Å². The number of hydrogen-bond acceptors (Lipinski definition) is 2. The van der Waals surface area contributed by atoms with Gasteiger partial charge in [-0.15, -0.1) is 0 Å². The minimum atomic E-state index is -0.750. The van der Waals surface area contributed by atoms with E-state index in [9.17, 15) is 9.18 Å². The average Bonchev–Trinajstić information content (AvgIpc) is 2.45. The molecule has 1 amide bonds. The molecule has 2 rings (SSSR count). The maximum Gasteiger partial charge on any atom is 0.256 e. The Labute approximate surface area is 117 Å². The van der Waals surface area contributed by atoms with Gasteiger partial charge in [-0.3, -0.25) is 4.79 Å².